The van der Waals surface area contributed by atoms with E-state index in [9.17, 15) is 18.0 Å². The highest BCUT2D eigenvalue weighted by molar-refractivity contribution is 7.92. The Morgan fingerprint density at radius 1 is 0.943 bits per heavy atom. The molecule has 0 bridgehead atoms. The average Bonchev–Trinajstić information content (AvgIpc) is 2.75. The molecule has 0 saturated heterocycles. The predicted octanol–water partition coefficient (Wildman–Crippen LogP) is 5.26. The molecule has 1 unspecified atom stereocenters. The van der Waals surface area contributed by atoms with Crippen LogP contribution >= 0.6 is 46.4 Å². The molecule has 0 aromatic heterocycles. The van der Waals surface area contributed by atoms with Crippen LogP contribution in [0.1, 0.15) is 26.3 Å². The summed E-state index contributed by atoms with van der Waals surface area (Å²) in [7, 11) is -3.94. The number of hydrogen-bond donors (Lipinski definition) is 1. The number of sulfonamides is 1. The summed E-state index contributed by atoms with van der Waals surface area (Å²) in [6.45, 7) is 5.22. The number of amides is 2. The lowest BCUT2D eigenvalue weighted by molar-refractivity contribution is -0.139. The fourth-order valence-corrected chi connectivity index (χ4v) is 4.90. The SMILES string of the molecule is CC(C)CNC(=O)C(C)N(Cc1ccc(Cl)cc1Cl)C(=O)CN(c1cc(Cl)ccc1Cl)S(C)(=O)=O. The topological polar surface area (TPSA) is 86.8 Å². The summed E-state index contributed by atoms with van der Waals surface area (Å²) in [5, 5.41) is 3.87. The van der Waals surface area contributed by atoms with E-state index in [2.05, 4.69) is 5.32 Å². The van der Waals surface area contributed by atoms with Gasteiger partial charge >= 0.3 is 0 Å². The molecule has 2 aromatic rings. The molecule has 0 aliphatic carbocycles. The second kappa shape index (κ2) is 12.5. The van der Waals surface area contributed by atoms with E-state index in [0.29, 0.717) is 22.2 Å². The number of halogens is 4. The lowest BCUT2D eigenvalue weighted by atomic mass is 10.1. The van der Waals surface area contributed by atoms with Gasteiger partial charge in [0.05, 0.1) is 17.0 Å². The van der Waals surface area contributed by atoms with Gasteiger partial charge in [0.25, 0.3) is 0 Å². The molecule has 0 radical (unpaired) electrons. The van der Waals surface area contributed by atoms with Crippen molar-refractivity contribution in [1.29, 1.82) is 0 Å². The number of benzene rings is 2. The van der Waals surface area contributed by atoms with Crippen LogP contribution in [0, 0.1) is 5.92 Å². The van der Waals surface area contributed by atoms with E-state index in [-0.39, 0.29) is 34.1 Å². The highest BCUT2D eigenvalue weighted by Gasteiger charge is 2.31. The molecule has 192 valence electrons. The maximum Gasteiger partial charge on any atom is 0.244 e. The zero-order chi connectivity index (χ0) is 26.5. The minimum Gasteiger partial charge on any atom is -0.354 e. The molecule has 0 spiro atoms. The maximum atomic E-state index is 13.5. The van der Waals surface area contributed by atoms with Gasteiger partial charge in [-0.15, -0.1) is 0 Å². The molecule has 2 rings (SSSR count). The molecular formula is C23H27Cl4N3O4S. The van der Waals surface area contributed by atoms with Crippen molar-refractivity contribution in [2.45, 2.75) is 33.4 Å². The lowest BCUT2D eigenvalue weighted by Crippen LogP contribution is -2.51. The minimum atomic E-state index is -3.94. The quantitative estimate of drug-likeness (QED) is 0.414. The maximum absolute atomic E-state index is 13.5. The van der Waals surface area contributed by atoms with Gasteiger partial charge in [-0.1, -0.05) is 66.3 Å². The van der Waals surface area contributed by atoms with Gasteiger partial charge in [-0.05, 0) is 48.7 Å². The second-order valence-electron chi connectivity index (χ2n) is 8.44. The molecule has 2 aromatic carbocycles. The molecule has 12 heteroatoms. The van der Waals surface area contributed by atoms with Crippen molar-refractivity contribution < 1.29 is 18.0 Å². The summed E-state index contributed by atoms with van der Waals surface area (Å²) < 4.78 is 26.1. The van der Waals surface area contributed by atoms with Gasteiger partial charge in [-0.25, -0.2) is 8.42 Å². The molecule has 1 N–H and O–H groups in total. The van der Waals surface area contributed by atoms with E-state index in [1.807, 2.05) is 13.8 Å². The van der Waals surface area contributed by atoms with Crippen LogP contribution in [0.2, 0.25) is 20.1 Å². The molecular weight excluding hydrogens is 556 g/mol. The summed E-state index contributed by atoms with van der Waals surface area (Å²) >= 11 is 24.6. The summed E-state index contributed by atoms with van der Waals surface area (Å²) in [5.74, 6) is -0.819. The monoisotopic (exact) mass is 581 g/mol. The number of anilines is 1. The third-order valence-electron chi connectivity index (χ3n) is 5.06. The number of nitrogens with zero attached hydrogens (tertiary/aromatic N) is 2. The third kappa shape index (κ3) is 8.43. The standard InChI is InChI=1S/C23H27Cl4N3O4S/c1-14(2)11-28-23(32)15(3)29(12-16-5-6-17(24)9-20(16)27)22(31)13-30(35(4,33)34)21-10-18(25)7-8-19(21)26/h5-10,14-15H,11-13H2,1-4H3,(H,28,32). The van der Waals surface area contributed by atoms with Gasteiger partial charge in [0.1, 0.15) is 12.6 Å². The highest BCUT2D eigenvalue weighted by Crippen LogP contribution is 2.31. The minimum absolute atomic E-state index is 0.0496. The first-order chi connectivity index (χ1) is 16.2. The summed E-state index contributed by atoms with van der Waals surface area (Å²) in [5.41, 5.74) is 0.594. The largest absolute Gasteiger partial charge is 0.354 e. The molecule has 2 amide bonds. The van der Waals surface area contributed by atoms with Gasteiger partial charge in [0.15, 0.2) is 0 Å². The number of carbonyl (C=O) groups is 2. The summed E-state index contributed by atoms with van der Waals surface area (Å²) in [4.78, 5) is 27.6. The Morgan fingerprint density at radius 2 is 1.54 bits per heavy atom. The second-order valence-corrected chi connectivity index (χ2v) is 12.0. The first kappa shape index (κ1) is 29.5. The molecule has 0 aliphatic heterocycles. The van der Waals surface area contributed by atoms with Gasteiger partial charge in [0.2, 0.25) is 21.8 Å². The Labute approximate surface area is 226 Å². The molecule has 7 nitrogen and oxygen atoms in total. The van der Waals surface area contributed by atoms with Crippen LogP contribution in [0.25, 0.3) is 0 Å². The van der Waals surface area contributed by atoms with E-state index in [4.69, 9.17) is 46.4 Å². The Morgan fingerprint density at radius 3 is 2.11 bits per heavy atom. The van der Waals surface area contributed by atoms with E-state index in [1.165, 1.54) is 29.2 Å². The smallest absolute Gasteiger partial charge is 0.244 e. The Balaban J connectivity index is 2.45. The first-order valence-corrected chi connectivity index (χ1v) is 14.0. The fraction of sp³-hybridized carbons (Fsp3) is 0.391. The van der Waals surface area contributed by atoms with Crippen LogP contribution in [0.15, 0.2) is 36.4 Å². The number of rotatable bonds is 10. The number of carbonyl (C=O) groups excluding carboxylic acids is 2. The Kier molecular flexibility index (Phi) is 10.5. The van der Waals surface area contributed by atoms with Crippen molar-refractivity contribution in [3.63, 3.8) is 0 Å². The fourth-order valence-electron chi connectivity index (χ4n) is 3.14. The predicted molar refractivity (Wildman–Crippen MR) is 143 cm³/mol. The summed E-state index contributed by atoms with van der Waals surface area (Å²) in [6.07, 6.45) is 0.955. The molecule has 1 atom stereocenters. The third-order valence-corrected chi connectivity index (χ3v) is 7.33. The van der Waals surface area contributed by atoms with Crippen LogP contribution < -0.4 is 9.62 Å². The normalized spacial score (nSPS) is 12.4. The average molecular weight is 583 g/mol. The zero-order valence-electron chi connectivity index (χ0n) is 19.7. The van der Waals surface area contributed by atoms with Gasteiger partial charge < -0.3 is 10.2 Å². The number of nitrogens with one attached hydrogen (secondary N) is 1. The van der Waals surface area contributed by atoms with Crippen molar-refractivity contribution in [1.82, 2.24) is 10.2 Å². The van der Waals surface area contributed by atoms with E-state index in [1.54, 1.807) is 19.1 Å². The van der Waals surface area contributed by atoms with Crippen molar-refractivity contribution in [3.05, 3.63) is 62.1 Å². The summed E-state index contributed by atoms with van der Waals surface area (Å²) in [6, 6.07) is 8.16. The van der Waals surface area contributed by atoms with Gasteiger partial charge in [-0.3, -0.25) is 13.9 Å². The molecule has 0 saturated carbocycles. The lowest BCUT2D eigenvalue weighted by Gasteiger charge is -2.32. The molecule has 35 heavy (non-hydrogen) atoms. The van der Waals surface area contributed by atoms with Gasteiger partial charge in [-0.2, -0.15) is 0 Å². The van der Waals surface area contributed by atoms with Crippen LogP contribution in [0.3, 0.4) is 0 Å². The van der Waals surface area contributed by atoms with E-state index in [0.717, 1.165) is 10.6 Å². The zero-order valence-corrected chi connectivity index (χ0v) is 23.5. The van der Waals surface area contributed by atoms with Crippen molar-refractivity contribution in [3.8, 4) is 0 Å². The van der Waals surface area contributed by atoms with Crippen molar-refractivity contribution >= 4 is 73.9 Å². The molecule has 0 aliphatic rings. The Bertz CT molecular complexity index is 1190. The van der Waals surface area contributed by atoms with Crippen LogP contribution in [-0.4, -0.2) is 50.5 Å². The van der Waals surface area contributed by atoms with E-state index < -0.39 is 28.5 Å². The highest BCUT2D eigenvalue weighted by atomic mass is 35.5. The van der Waals surface area contributed by atoms with E-state index >= 15 is 0 Å². The van der Waals surface area contributed by atoms with Crippen LogP contribution in [0.4, 0.5) is 5.69 Å². The molecule has 0 fully saturated rings. The van der Waals surface area contributed by atoms with Crippen LogP contribution in [0.5, 0.6) is 0 Å². The molecule has 0 heterocycles. The number of hydrogen-bond acceptors (Lipinski definition) is 4. The van der Waals surface area contributed by atoms with Gasteiger partial charge in [0, 0.05) is 28.2 Å². The van der Waals surface area contributed by atoms with Crippen molar-refractivity contribution in [2.24, 2.45) is 5.92 Å². The Hall–Kier alpha value is -1.71. The van der Waals surface area contributed by atoms with Crippen molar-refractivity contribution in [2.75, 3.05) is 23.7 Å². The first-order valence-electron chi connectivity index (χ1n) is 10.6. The van der Waals surface area contributed by atoms with Crippen LogP contribution in [-0.2, 0) is 26.2 Å².